The van der Waals surface area contributed by atoms with Gasteiger partial charge in [-0.25, -0.2) is 0 Å². The Hall–Kier alpha value is -1.74. The summed E-state index contributed by atoms with van der Waals surface area (Å²) in [5, 5.41) is 8.63. The maximum absolute atomic E-state index is 12.8. The van der Waals surface area contributed by atoms with Crippen molar-refractivity contribution in [3.63, 3.8) is 0 Å². The van der Waals surface area contributed by atoms with Crippen LogP contribution in [0.2, 0.25) is 0 Å². The number of ether oxygens (including phenoxy) is 1. The smallest absolute Gasteiger partial charge is 0.420 e. The van der Waals surface area contributed by atoms with E-state index in [1.165, 1.54) is 12.1 Å². The quantitative estimate of drug-likeness (QED) is 0.773. The lowest BCUT2D eigenvalue weighted by atomic mass is 10.1. The zero-order chi connectivity index (χ0) is 14.5. The molecule has 0 aliphatic heterocycles. The largest absolute Gasteiger partial charge is 0.493 e. The molecular formula is C13H15F3N2O. The highest BCUT2D eigenvalue weighted by atomic mass is 19.4. The van der Waals surface area contributed by atoms with E-state index in [9.17, 15) is 13.2 Å². The summed E-state index contributed by atoms with van der Waals surface area (Å²) in [5.74, 6) is -0.231. The third-order valence-electron chi connectivity index (χ3n) is 2.42. The minimum atomic E-state index is -4.52. The van der Waals surface area contributed by atoms with E-state index in [0.717, 1.165) is 12.6 Å². The maximum atomic E-state index is 12.8. The van der Waals surface area contributed by atoms with E-state index in [4.69, 9.17) is 10.00 Å². The molecule has 0 unspecified atom stereocenters. The van der Waals surface area contributed by atoms with E-state index >= 15 is 0 Å². The molecule has 0 heterocycles. The topological polar surface area (TPSA) is 36.3 Å². The minimum Gasteiger partial charge on any atom is -0.493 e. The molecule has 3 nitrogen and oxygen atoms in total. The van der Waals surface area contributed by atoms with Crippen molar-refractivity contribution in [2.24, 2.45) is 0 Å². The monoisotopic (exact) mass is 272 g/mol. The van der Waals surface area contributed by atoms with Crippen LogP contribution in [0.4, 0.5) is 13.2 Å². The van der Waals surface area contributed by atoms with Crippen LogP contribution in [0.3, 0.4) is 0 Å². The first-order valence-corrected chi connectivity index (χ1v) is 5.73. The van der Waals surface area contributed by atoms with Gasteiger partial charge in [-0.3, -0.25) is 0 Å². The molecule has 6 heteroatoms. The van der Waals surface area contributed by atoms with Crippen molar-refractivity contribution in [2.75, 3.05) is 27.2 Å². The Morgan fingerprint density at radius 2 is 2.00 bits per heavy atom. The first-order chi connectivity index (χ1) is 8.84. The predicted octanol–water partition coefficient (Wildman–Crippen LogP) is 2.91. The van der Waals surface area contributed by atoms with E-state index in [2.05, 4.69) is 0 Å². The van der Waals surface area contributed by atoms with Gasteiger partial charge in [-0.05, 0) is 38.7 Å². The van der Waals surface area contributed by atoms with E-state index in [-0.39, 0.29) is 17.9 Å². The van der Waals surface area contributed by atoms with E-state index in [0.29, 0.717) is 6.42 Å². The van der Waals surface area contributed by atoms with Gasteiger partial charge in [0.05, 0.1) is 23.8 Å². The lowest BCUT2D eigenvalue weighted by molar-refractivity contribution is -0.139. The zero-order valence-electron chi connectivity index (χ0n) is 10.8. The Morgan fingerprint density at radius 3 is 2.53 bits per heavy atom. The molecule has 0 atom stereocenters. The van der Waals surface area contributed by atoms with Gasteiger partial charge in [-0.1, -0.05) is 0 Å². The van der Waals surface area contributed by atoms with Gasteiger partial charge in [-0.15, -0.1) is 0 Å². The molecule has 0 aromatic heterocycles. The highest BCUT2D eigenvalue weighted by Crippen LogP contribution is 2.36. The summed E-state index contributed by atoms with van der Waals surface area (Å²) in [4.78, 5) is 1.92. The van der Waals surface area contributed by atoms with Crippen LogP contribution in [0, 0.1) is 11.3 Å². The molecule has 1 aromatic carbocycles. The van der Waals surface area contributed by atoms with E-state index in [1.54, 1.807) is 6.07 Å². The van der Waals surface area contributed by atoms with Crippen molar-refractivity contribution in [2.45, 2.75) is 12.6 Å². The number of nitrogens with zero attached hydrogens (tertiary/aromatic N) is 2. The average Bonchev–Trinajstić information content (AvgIpc) is 2.33. The second-order valence-corrected chi connectivity index (χ2v) is 4.33. The lowest BCUT2D eigenvalue weighted by Gasteiger charge is -2.15. The third-order valence-corrected chi connectivity index (χ3v) is 2.42. The van der Waals surface area contributed by atoms with Crippen molar-refractivity contribution in [1.82, 2.24) is 4.90 Å². The van der Waals surface area contributed by atoms with Gasteiger partial charge in [0, 0.05) is 6.54 Å². The average molecular weight is 272 g/mol. The van der Waals surface area contributed by atoms with Gasteiger partial charge in [0.15, 0.2) is 0 Å². The number of hydrogen-bond acceptors (Lipinski definition) is 3. The molecule has 1 rings (SSSR count). The fraction of sp³-hybridized carbons (Fsp3) is 0.462. The zero-order valence-corrected chi connectivity index (χ0v) is 10.8. The summed E-state index contributed by atoms with van der Waals surface area (Å²) in [7, 11) is 3.76. The van der Waals surface area contributed by atoms with Crippen molar-refractivity contribution < 1.29 is 17.9 Å². The SMILES string of the molecule is CN(C)CCCOc1ccc(C#N)cc1C(F)(F)F. The molecule has 0 saturated heterocycles. The highest BCUT2D eigenvalue weighted by molar-refractivity contribution is 5.43. The Kier molecular flexibility index (Phi) is 5.19. The number of alkyl halides is 3. The van der Waals surface area contributed by atoms with Gasteiger partial charge in [0.25, 0.3) is 0 Å². The van der Waals surface area contributed by atoms with Gasteiger partial charge in [0.1, 0.15) is 5.75 Å². The second-order valence-electron chi connectivity index (χ2n) is 4.33. The molecule has 0 fully saturated rings. The maximum Gasteiger partial charge on any atom is 0.420 e. The molecular weight excluding hydrogens is 257 g/mol. The number of nitriles is 1. The molecule has 0 N–H and O–H groups in total. The van der Waals surface area contributed by atoms with Crippen LogP contribution in [-0.2, 0) is 6.18 Å². The summed E-state index contributed by atoms with van der Waals surface area (Å²) in [5.41, 5.74) is -0.940. The summed E-state index contributed by atoms with van der Waals surface area (Å²) in [6.45, 7) is 0.935. The standard InChI is InChI=1S/C13H15F3N2O/c1-18(2)6-3-7-19-12-5-4-10(9-17)8-11(12)13(14,15)16/h4-5,8H,3,6-7H2,1-2H3. The Morgan fingerprint density at radius 1 is 1.32 bits per heavy atom. The van der Waals surface area contributed by atoms with Crippen LogP contribution in [0.25, 0.3) is 0 Å². The fourth-order valence-corrected chi connectivity index (χ4v) is 1.51. The van der Waals surface area contributed by atoms with Gasteiger partial charge in [-0.2, -0.15) is 18.4 Å². The number of hydrogen-bond donors (Lipinski definition) is 0. The van der Waals surface area contributed by atoms with Crippen LogP contribution in [0.5, 0.6) is 5.75 Å². The molecule has 0 amide bonds. The van der Waals surface area contributed by atoms with Crippen LogP contribution in [0.15, 0.2) is 18.2 Å². The van der Waals surface area contributed by atoms with Crippen molar-refractivity contribution >= 4 is 0 Å². The molecule has 1 aromatic rings. The fourth-order valence-electron chi connectivity index (χ4n) is 1.51. The second kappa shape index (κ2) is 6.43. The molecule has 0 bridgehead atoms. The Labute approximate surface area is 110 Å². The first-order valence-electron chi connectivity index (χ1n) is 5.73. The molecule has 0 aliphatic rings. The number of halogens is 3. The lowest BCUT2D eigenvalue weighted by Crippen LogP contribution is -2.16. The molecule has 0 aliphatic carbocycles. The van der Waals surface area contributed by atoms with Crippen LogP contribution in [-0.4, -0.2) is 32.1 Å². The summed E-state index contributed by atoms with van der Waals surface area (Å²) in [6.07, 6.45) is -3.89. The Bertz CT molecular complexity index is 464. The van der Waals surface area contributed by atoms with Gasteiger partial charge >= 0.3 is 6.18 Å². The molecule has 104 valence electrons. The molecule has 19 heavy (non-hydrogen) atoms. The van der Waals surface area contributed by atoms with Gasteiger partial charge < -0.3 is 9.64 Å². The van der Waals surface area contributed by atoms with E-state index in [1.807, 2.05) is 19.0 Å². The first kappa shape index (κ1) is 15.3. The minimum absolute atomic E-state index is 0.0343. The van der Waals surface area contributed by atoms with E-state index < -0.39 is 11.7 Å². The summed E-state index contributed by atoms with van der Waals surface area (Å²) < 4.78 is 43.6. The van der Waals surface area contributed by atoms with Crippen LogP contribution < -0.4 is 4.74 Å². The molecule has 0 spiro atoms. The normalized spacial score (nSPS) is 11.4. The van der Waals surface area contributed by atoms with Crippen molar-refractivity contribution in [1.29, 1.82) is 5.26 Å². The molecule has 0 saturated carbocycles. The summed E-state index contributed by atoms with van der Waals surface area (Å²) >= 11 is 0. The Balaban J connectivity index is 2.80. The van der Waals surface area contributed by atoms with Crippen molar-refractivity contribution in [3.8, 4) is 11.8 Å². The molecule has 0 radical (unpaired) electrons. The highest BCUT2D eigenvalue weighted by Gasteiger charge is 2.34. The van der Waals surface area contributed by atoms with Gasteiger partial charge in [0.2, 0.25) is 0 Å². The van der Waals surface area contributed by atoms with Crippen LogP contribution >= 0.6 is 0 Å². The third kappa shape index (κ3) is 4.79. The van der Waals surface area contributed by atoms with Crippen molar-refractivity contribution in [3.05, 3.63) is 29.3 Å². The summed E-state index contributed by atoms with van der Waals surface area (Å²) in [6, 6.07) is 5.00. The predicted molar refractivity (Wildman–Crippen MR) is 64.8 cm³/mol. The van der Waals surface area contributed by atoms with Crippen LogP contribution in [0.1, 0.15) is 17.5 Å². The number of rotatable bonds is 5. The number of benzene rings is 1.